The molecule has 4 rings (SSSR count). The SMILES string of the molecule is CN1c2ccccc2/C(=N/OCCN2CCCCC2)c2sccc2S1(=O)=O. The average Bonchev–Trinajstić information content (AvgIpc) is 3.16. The van der Waals surface area contributed by atoms with Crippen LogP contribution in [0.25, 0.3) is 0 Å². The molecule has 2 aliphatic heterocycles. The van der Waals surface area contributed by atoms with Crippen molar-refractivity contribution < 1.29 is 13.3 Å². The number of nitrogens with zero attached hydrogens (tertiary/aromatic N) is 3. The number of hydrogen-bond acceptors (Lipinski definition) is 6. The molecule has 0 atom stereocenters. The van der Waals surface area contributed by atoms with E-state index < -0.39 is 10.0 Å². The molecule has 1 aromatic heterocycles. The molecule has 3 heterocycles. The standard InChI is InChI=1S/C19H23N3O3S2/c1-21-16-8-4-3-7-15(16)18(19-17(9-14-26-19)27(21,23)24)20-25-13-12-22-10-5-2-6-11-22/h3-4,7-9,14H,2,5-6,10-13H2,1H3/b20-18-. The van der Waals surface area contributed by atoms with Crippen LogP contribution in [0.1, 0.15) is 29.7 Å². The van der Waals surface area contributed by atoms with Gasteiger partial charge in [-0.25, -0.2) is 8.42 Å². The molecule has 0 radical (unpaired) electrons. The van der Waals surface area contributed by atoms with E-state index in [0.717, 1.165) is 25.2 Å². The molecule has 2 aromatic rings. The first kappa shape index (κ1) is 18.5. The summed E-state index contributed by atoms with van der Waals surface area (Å²) in [5.74, 6) is 0. The number of thiophene rings is 1. The van der Waals surface area contributed by atoms with Crippen LogP contribution in [-0.2, 0) is 14.9 Å². The van der Waals surface area contributed by atoms with Crippen molar-refractivity contribution >= 4 is 32.8 Å². The maximum absolute atomic E-state index is 13.0. The summed E-state index contributed by atoms with van der Waals surface area (Å²) in [5, 5.41) is 6.18. The summed E-state index contributed by atoms with van der Waals surface area (Å²) in [6.07, 6.45) is 3.79. The summed E-state index contributed by atoms with van der Waals surface area (Å²) >= 11 is 1.37. The third kappa shape index (κ3) is 3.49. The van der Waals surface area contributed by atoms with Crippen LogP contribution in [0, 0.1) is 0 Å². The van der Waals surface area contributed by atoms with Gasteiger partial charge in [-0.1, -0.05) is 29.8 Å². The first-order chi connectivity index (χ1) is 13.1. The normalized spacial score (nSPS) is 20.8. The smallest absolute Gasteiger partial charge is 0.265 e. The van der Waals surface area contributed by atoms with Gasteiger partial charge in [0.2, 0.25) is 0 Å². The monoisotopic (exact) mass is 405 g/mol. The summed E-state index contributed by atoms with van der Waals surface area (Å²) < 4.78 is 27.2. The van der Waals surface area contributed by atoms with Gasteiger partial charge in [0, 0.05) is 19.2 Å². The highest BCUT2D eigenvalue weighted by molar-refractivity contribution is 7.93. The van der Waals surface area contributed by atoms with Crippen molar-refractivity contribution in [2.24, 2.45) is 5.16 Å². The first-order valence-electron chi connectivity index (χ1n) is 9.17. The topological polar surface area (TPSA) is 62.2 Å². The average molecular weight is 406 g/mol. The van der Waals surface area contributed by atoms with Gasteiger partial charge in [0.15, 0.2) is 0 Å². The summed E-state index contributed by atoms with van der Waals surface area (Å²) in [4.78, 5) is 8.96. The molecular weight excluding hydrogens is 382 g/mol. The first-order valence-corrected chi connectivity index (χ1v) is 11.5. The summed E-state index contributed by atoms with van der Waals surface area (Å²) in [7, 11) is -2.03. The molecule has 144 valence electrons. The van der Waals surface area contributed by atoms with E-state index in [2.05, 4.69) is 10.1 Å². The van der Waals surface area contributed by atoms with E-state index in [4.69, 9.17) is 4.84 Å². The molecule has 0 spiro atoms. The lowest BCUT2D eigenvalue weighted by Crippen LogP contribution is -2.32. The Morgan fingerprint density at radius 3 is 2.74 bits per heavy atom. The van der Waals surface area contributed by atoms with Gasteiger partial charge in [-0.15, -0.1) is 11.3 Å². The lowest BCUT2D eigenvalue weighted by molar-refractivity contribution is 0.103. The number of likely N-dealkylation sites (tertiary alicyclic amines) is 1. The largest absolute Gasteiger partial charge is 0.394 e. The van der Waals surface area contributed by atoms with Crippen LogP contribution in [-0.4, -0.2) is 52.3 Å². The maximum Gasteiger partial charge on any atom is 0.265 e. The zero-order valence-electron chi connectivity index (χ0n) is 15.3. The Balaban J connectivity index is 1.65. The highest BCUT2D eigenvalue weighted by Crippen LogP contribution is 2.36. The molecule has 8 heteroatoms. The fourth-order valence-corrected chi connectivity index (χ4v) is 6.19. The Hall–Kier alpha value is -1.90. The molecule has 2 aliphatic rings. The van der Waals surface area contributed by atoms with Crippen molar-refractivity contribution in [3.05, 3.63) is 46.2 Å². The quantitative estimate of drug-likeness (QED) is 0.579. The predicted molar refractivity (Wildman–Crippen MR) is 108 cm³/mol. The molecule has 0 N–H and O–H groups in total. The van der Waals surface area contributed by atoms with Crippen LogP contribution in [0.2, 0.25) is 0 Å². The minimum absolute atomic E-state index is 0.282. The van der Waals surface area contributed by atoms with Gasteiger partial charge in [-0.05, 0) is 43.4 Å². The third-order valence-corrected chi connectivity index (χ3v) is 7.95. The number of oxime groups is 1. The highest BCUT2D eigenvalue weighted by Gasteiger charge is 2.34. The van der Waals surface area contributed by atoms with Gasteiger partial charge in [0.05, 0.1) is 10.6 Å². The molecule has 0 bridgehead atoms. The van der Waals surface area contributed by atoms with Crippen molar-refractivity contribution in [3.8, 4) is 0 Å². The van der Waals surface area contributed by atoms with Crippen molar-refractivity contribution in [2.45, 2.75) is 24.2 Å². The lowest BCUT2D eigenvalue weighted by atomic mass is 10.1. The fourth-order valence-electron chi connectivity index (χ4n) is 3.57. The third-order valence-electron chi connectivity index (χ3n) is 5.08. The second-order valence-electron chi connectivity index (χ2n) is 6.78. The Labute approximate surface area is 164 Å². The van der Waals surface area contributed by atoms with E-state index in [9.17, 15) is 8.42 Å². The second-order valence-corrected chi connectivity index (χ2v) is 9.63. The van der Waals surface area contributed by atoms with Crippen LogP contribution in [0.5, 0.6) is 0 Å². The number of benzene rings is 1. The van der Waals surface area contributed by atoms with Gasteiger partial charge in [0.1, 0.15) is 17.2 Å². The Bertz CT molecular complexity index is 947. The zero-order chi connectivity index (χ0) is 18.9. The van der Waals surface area contributed by atoms with Crippen molar-refractivity contribution in [3.63, 3.8) is 0 Å². The van der Waals surface area contributed by atoms with E-state index in [1.54, 1.807) is 24.6 Å². The minimum Gasteiger partial charge on any atom is -0.394 e. The van der Waals surface area contributed by atoms with E-state index in [1.165, 1.54) is 34.9 Å². The molecule has 1 fully saturated rings. The molecule has 0 saturated carbocycles. The van der Waals surface area contributed by atoms with Crippen LogP contribution >= 0.6 is 11.3 Å². The summed E-state index contributed by atoms with van der Waals surface area (Å²) in [5.41, 5.74) is 1.96. The fraction of sp³-hybridized carbons (Fsp3) is 0.421. The predicted octanol–water partition coefficient (Wildman–Crippen LogP) is 3.14. The van der Waals surface area contributed by atoms with Gasteiger partial charge < -0.3 is 4.84 Å². The Morgan fingerprint density at radius 1 is 1.15 bits per heavy atom. The van der Waals surface area contributed by atoms with E-state index in [-0.39, 0.29) is 4.90 Å². The van der Waals surface area contributed by atoms with E-state index >= 15 is 0 Å². The van der Waals surface area contributed by atoms with Gasteiger partial charge in [0.25, 0.3) is 10.0 Å². The van der Waals surface area contributed by atoms with Crippen LogP contribution < -0.4 is 4.31 Å². The molecule has 1 saturated heterocycles. The van der Waals surface area contributed by atoms with Crippen molar-refractivity contribution in [2.75, 3.05) is 37.6 Å². The van der Waals surface area contributed by atoms with E-state index in [0.29, 0.717) is 22.9 Å². The van der Waals surface area contributed by atoms with Gasteiger partial charge >= 0.3 is 0 Å². The highest BCUT2D eigenvalue weighted by atomic mass is 32.2. The number of piperidine rings is 1. The second kappa shape index (κ2) is 7.61. The Kier molecular flexibility index (Phi) is 5.21. The molecular formula is C19H23N3O3S2. The number of rotatable bonds is 4. The van der Waals surface area contributed by atoms with Crippen LogP contribution in [0.15, 0.2) is 45.8 Å². The minimum atomic E-state index is -3.61. The maximum atomic E-state index is 13.0. The van der Waals surface area contributed by atoms with Crippen LogP contribution in [0.3, 0.4) is 0 Å². The van der Waals surface area contributed by atoms with Gasteiger partial charge in [-0.2, -0.15) is 0 Å². The van der Waals surface area contributed by atoms with Crippen LogP contribution in [0.4, 0.5) is 5.69 Å². The summed E-state index contributed by atoms with van der Waals surface area (Å²) in [6.45, 7) is 3.56. The molecule has 0 aliphatic carbocycles. The zero-order valence-corrected chi connectivity index (χ0v) is 16.9. The molecule has 27 heavy (non-hydrogen) atoms. The lowest BCUT2D eigenvalue weighted by Gasteiger charge is -2.25. The van der Waals surface area contributed by atoms with Crippen molar-refractivity contribution in [1.82, 2.24) is 4.90 Å². The Morgan fingerprint density at radius 2 is 1.93 bits per heavy atom. The molecule has 0 amide bonds. The number of fused-ring (bicyclic) bond motifs is 2. The molecule has 0 unspecified atom stereocenters. The number of hydrogen-bond donors (Lipinski definition) is 0. The molecule has 6 nitrogen and oxygen atoms in total. The summed E-state index contributed by atoms with van der Waals surface area (Å²) in [6, 6.07) is 9.05. The number of anilines is 1. The number of para-hydroxylation sites is 1. The number of sulfonamides is 1. The van der Waals surface area contributed by atoms with E-state index in [1.807, 2.05) is 18.2 Å². The van der Waals surface area contributed by atoms with Gasteiger partial charge in [-0.3, -0.25) is 9.21 Å². The van der Waals surface area contributed by atoms with Crippen molar-refractivity contribution in [1.29, 1.82) is 0 Å². The molecule has 1 aromatic carbocycles.